The van der Waals surface area contributed by atoms with Crippen molar-refractivity contribution in [3.8, 4) is 0 Å². The van der Waals surface area contributed by atoms with E-state index in [1.165, 1.54) is 12.8 Å². The maximum Gasteiger partial charge on any atom is 0.125 e. The highest BCUT2D eigenvalue weighted by Crippen LogP contribution is 2.39. The van der Waals surface area contributed by atoms with Gasteiger partial charge in [0.2, 0.25) is 0 Å². The van der Waals surface area contributed by atoms with Gasteiger partial charge in [-0.2, -0.15) is 0 Å². The van der Waals surface area contributed by atoms with Crippen LogP contribution in [0.5, 0.6) is 0 Å². The average molecular weight is 205 g/mol. The third kappa shape index (κ3) is 2.75. The van der Waals surface area contributed by atoms with Crippen LogP contribution in [0.25, 0.3) is 0 Å². The number of hydrogen-bond acceptors (Lipinski definition) is 3. The summed E-state index contributed by atoms with van der Waals surface area (Å²) in [6, 6.07) is 1.98. The molecule has 1 N–H and O–H groups in total. The van der Waals surface area contributed by atoms with Crippen LogP contribution in [0, 0.1) is 12.8 Å². The van der Waals surface area contributed by atoms with E-state index in [2.05, 4.69) is 29.1 Å². The Morgan fingerprint density at radius 3 is 2.80 bits per heavy atom. The van der Waals surface area contributed by atoms with Gasteiger partial charge in [0.15, 0.2) is 0 Å². The van der Waals surface area contributed by atoms with Crippen LogP contribution in [0.1, 0.15) is 38.2 Å². The predicted molar refractivity (Wildman–Crippen MR) is 60.4 cm³/mol. The molecular formula is C12H19N3. The minimum atomic E-state index is 0.249. The second-order valence-corrected chi connectivity index (χ2v) is 4.94. The largest absolute Gasteiger partial charge is 0.306 e. The lowest BCUT2D eigenvalue weighted by molar-refractivity contribution is 0.337. The van der Waals surface area contributed by atoms with Crippen LogP contribution in [0.3, 0.4) is 0 Å². The van der Waals surface area contributed by atoms with Gasteiger partial charge >= 0.3 is 0 Å². The lowest BCUT2D eigenvalue weighted by atomic mass is 9.99. The van der Waals surface area contributed by atoms with E-state index in [1.54, 1.807) is 0 Å². The molecule has 1 heterocycles. The molecule has 0 aromatic carbocycles. The Kier molecular flexibility index (Phi) is 2.74. The zero-order chi connectivity index (χ0) is 10.9. The summed E-state index contributed by atoms with van der Waals surface area (Å²) in [6.45, 7) is 7.32. The van der Waals surface area contributed by atoms with Gasteiger partial charge in [0, 0.05) is 18.3 Å². The first-order chi connectivity index (χ1) is 7.08. The van der Waals surface area contributed by atoms with Gasteiger partial charge in [-0.15, -0.1) is 0 Å². The minimum absolute atomic E-state index is 0.249. The third-order valence-corrected chi connectivity index (χ3v) is 3.16. The quantitative estimate of drug-likeness (QED) is 0.817. The molecule has 82 valence electrons. The summed E-state index contributed by atoms with van der Waals surface area (Å²) in [5.74, 6) is 1.69. The number of nitrogens with zero attached hydrogens (tertiary/aromatic N) is 2. The van der Waals surface area contributed by atoms with Crippen LogP contribution in [0.4, 0.5) is 0 Å². The zero-order valence-electron chi connectivity index (χ0n) is 9.75. The molecule has 0 saturated heterocycles. The Morgan fingerprint density at radius 2 is 2.20 bits per heavy atom. The smallest absolute Gasteiger partial charge is 0.125 e. The highest BCUT2D eigenvalue weighted by atomic mass is 15.0. The molecule has 0 amide bonds. The summed E-state index contributed by atoms with van der Waals surface area (Å²) in [7, 11) is 0. The maximum absolute atomic E-state index is 4.38. The summed E-state index contributed by atoms with van der Waals surface area (Å²) in [5, 5.41) is 3.57. The van der Waals surface area contributed by atoms with E-state index < -0.39 is 0 Å². The van der Waals surface area contributed by atoms with Crippen molar-refractivity contribution in [2.75, 3.05) is 0 Å². The first-order valence-corrected chi connectivity index (χ1v) is 5.61. The monoisotopic (exact) mass is 205 g/mol. The van der Waals surface area contributed by atoms with E-state index in [0.717, 1.165) is 24.0 Å². The normalized spacial score (nSPS) is 16.7. The fourth-order valence-corrected chi connectivity index (χ4v) is 1.87. The molecule has 3 nitrogen and oxygen atoms in total. The maximum atomic E-state index is 4.38. The van der Waals surface area contributed by atoms with Crippen molar-refractivity contribution in [2.45, 2.75) is 45.7 Å². The lowest BCUT2D eigenvalue weighted by Gasteiger charge is -2.26. The molecule has 15 heavy (non-hydrogen) atoms. The standard InChI is InChI=1S/C12H19N3/c1-9-13-7-6-11(15-9)8-14-12(2,3)10-4-5-10/h6-7,10,14H,4-5,8H2,1-3H3. The van der Waals surface area contributed by atoms with Crippen LogP contribution in [-0.4, -0.2) is 15.5 Å². The number of rotatable bonds is 4. The number of aromatic nitrogens is 2. The molecule has 0 spiro atoms. The Morgan fingerprint density at radius 1 is 1.47 bits per heavy atom. The van der Waals surface area contributed by atoms with Crippen molar-refractivity contribution >= 4 is 0 Å². The number of nitrogens with one attached hydrogen (secondary N) is 1. The molecule has 3 heteroatoms. The minimum Gasteiger partial charge on any atom is -0.306 e. The van der Waals surface area contributed by atoms with Crippen LogP contribution in [0.15, 0.2) is 12.3 Å². The van der Waals surface area contributed by atoms with Crippen molar-refractivity contribution in [3.05, 3.63) is 23.8 Å². The molecule has 0 bridgehead atoms. The van der Waals surface area contributed by atoms with Gasteiger partial charge in [-0.1, -0.05) is 0 Å². The van der Waals surface area contributed by atoms with Gasteiger partial charge in [0.05, 0.1) is 5.69 Å². The van der Waals surface area contributed by atoms with Gasteiger partial charge in [-0.05, 0) is 45.6 Å². The van der Waals surface area contributed by atoms with Crippen molar-refractivity contribution in [1.29, 1.82) is 0 Å². The van der Waals surface area contributed by atoms with Crippen LogP contribution >= 0.6 is 0 Å². The second-order valence-electron chi connectivity index (χ2n) is 4.94. The van der Waals surface area contributed by atoms with Gasteiger partial charge in [-0.3, -0.25) is 0 Å². The van der Waals surface area contributed by atoms with Gasteiger partial charge in [0.25, 0.3) is 0 Å². The fraction of sp³-hybridized carbons (Fsp3) is 0.667. The molecule has 0 unspecified atom stereocenters. The molecular weight excluding hydrogens is 186 g/mol. The van der Waals surface area contributed by atoms with Crippen molar-refractivity contribution in [1.82, 2.24) is 15.3 Å². The van der Waals surface area contributed by atoms with Crippen LogP contribution < -0.4 is 5.32 Å². The van der Waals surface area contributed by atoms with Crippen LogP contribution in [-0.2, 0) is 6.54 Å². The average Bonchev–Trinajstić information content (AvgIpc) is 2.98. The molecule has 1 aliphatic carbocycles. The fourth-order valence-electron chi connectivity index (χ4n) is 1.87. The molecule has 1 saturated carbocycles. The first kappa shape index (κ1) is 10.6. The van der Waals surface area contributed by atoms with E-state index >= 15 is 0 Å². The van der Waals surface area contributed by atoms with Gasteiger partial charge in [-0.25, -0.2) is 9.97 Å². The Labute approximate surface area is 91.3 Å². The van der Waals surface area contributed by atoms with E-state index in [-0.39, 0.29) is 5.54 Å². The summed E-state index contributed by atoms with van der Waals surface area (Å²) in [4.78, 5) is 8.48. The summed E-state index contributed by atoms with van der Waals surface area (Å²) < 4.78 is 0. The van der Waals surface area contributed by atoms with Gasteiger partial charge < -0.3 is 5.32 Å². The molecule has 0 radical (unpaired) electrons. The van der Waals surface area contributed by atoms with Crippen molar-refractivity contribution in [3.63, 3.8) is 0 Å². The predicted octanol–water partition coefficient (Wildman–Crippen LogP) is 2.06. The molecule has 0 atom stereocenters. The molecule has 2 rings (SSSR count). The topological polar surface area (TPSA) is 37.8 Å². The van der Waals surface area contributed by atoms with E-state index in [4.69, 9.17) is 0 Å². The highest BCUT2D eigenvalue weighted by molar-refractivity contribution is 5.03. The Bertz CT molecular complexity index is 342. The zero-order valence-corrected chi connectivity index (χ0v) is 9.75. The summed E-state index contributed by atoms with van der Waals surface area (Å²) >= 11 is 0. The molecule has 1 aromatic heterocycles. The molecule has 1 aromatic rings. The van der Waals surface area contributed by atoms with E-state index in [0.29, 0.717) is 0 Å². The summed E-state index contributed by atoms with van der Waals surface area (Å²) in [6.07, 6.45) is 4.55. The lowest BCUT2D eigenvalue weighted by Crippen LogP contribution is -2.40. The number of hydrogen-bond donors (Lipinski definition) is 1. The SMILES string of the molecule is Cc1nccc(CNC(C)(C)C2CC2)n1. The Balaban J connectivity index is 1.92. The molecule has 0 aliphatic heterocycles. The third-order valence-electron chi connectivity index (χ3n) is 3.16. The first-order valence-electron chi connectivity index (χ1n) is 5.61. The van der Waals surface area contributed by atoms with Crippen molar-refractivity contribution in [2.24, 2.45) is 5.92 Å². The number of aryl methyl sites for hydroxylation is 1. The highest BCUT2D eigenvalue weighted by Gasteiger charge is 2.37. The second kappa shape index (κ2) is 3.89. The van der Waals surface area contributed by atoms with Crippen LogP contribution in [0.2, 0.25) is 0 Å². The van der Waals surface area contributed by atoms with Crippen molar-refractivity contribution < 1.29 is 0 Å². The molecule has 1 fully saturated rings. The van der Waals surface area contributed by atoms with E-state index in [9.17, 15) is 0 Å². The summed E-state index contributed by atoms with van der Waals surface area (Å²) in [5.41, 5.74) is 1.33. The van der Waals surface area contributed by atoms with Gasteiger partial charge in [0.1, 0.15) is 5.82 Å². The van der Waals surface area contributed by atoms with E-state index in [1.807, 2.05) is 19.2 Å². The Hall–Kier alpha value is -0.960. The molecule has 1 aliphatic rings.